The Bertz CT molecular complexity index is 424. The van der Waals surface area contributed by atoms with Gasteiger partial charge in [-0.15, -0.1) is 0 Å². The number of nitrogens with zero attached hydrogens (tertiary/aromatic N) is 3. The maximum atomic E-state index is 12.1. The number of carbonyl (C=O) groups is 1. The summed E-state index contributed by atoms with van der Waals surface area (Å²) < 4.78 is 0. The second-order valence-corrected chi connectivity index (χ2v) is 5.77. The quantitative estimate of drug-likeness (QED) is 0.896. The number of likely N-dealkylation sites (tertiary alicyclic amines) is 1. The van der Waals surface area contributed by atoms with Crippen molar-refractivity contribution in [2.45, 2.75) is 45.2 Å². The molecule has 0 unspecified atom stereocenters. The van der Waals surface area contributed by atoms with Crippen LogP contribution in [0.4, 0.5) is 0 Å². The topological polar surface area (TPSA) is 58.1 Å². The first-order valence-electron chi connectivity index (χ1n) is 6.82. The number of hydrogen-bond donors (Lipinski definition) is 1. The minimum absolute atomic E-state index is 0.0823. The molecule has 104 valence electrons. The lowest BCUT2D eigenvalue weighted by atomic mass is 9.88. The van der Waals surface area contributed by atoms with Gasteiger partial charge in [0.1, 0.15) is 6.33 Å². The van der Waals surface area contributed by atoms with E-state index in [1.807, 2.05) is 0 Å². The van der Waals surface area contributed by atoms with Gasteiger partial charge in [-0.3, -0.25) is 4.79 Å². The molecule has 0 spiro atoms. The highest BCUT2D eigenvalue weighted by Crippen LogP contribution is 2.23. The molecule has 2 rings (SSSR count). The van der Waals surface area contributed by atoms with Crippen LogP contribution in [0.5, 0.6) is 0 Å². The van der Waals surface area contributed by atoms with Crippen molar-refractivity contribution in [3.8, 4) is 0 Å². The fourth-order valence-corrected chi connectivity index (χ4v) is 2.42. The monoisotopic (exact) mass is 262 g/mol. The Hall–Kier alpha value is -1.49. The maximum Gasteiger partial charge on any atom is 0.254 e. The van der Waals surface area contributed by atoms with Crippen LogP contribution in [0.3, 0.4) is 0 Å². The van der Waals surface area contributed by atoms with Crippen LogP contribution in [0.15, 0.2) is 18.7 Å². The van der Waals surface area contributed by atoms with Gasteiger partial charge in [-0.2, -0.15) is 0 Å². The van der Waals surface area contributed by atoms with Gasteiger partial charge in [-0.05, 0) is 33.6 Å². The lowest BCUT2D eigenvalue weighted by Crippen LogP contribution is -2.54. The zero-order valence-corrected chi connectivity index (χ0v) is 11.9. The fourth-order valence-electron chi connectivity index (χ4n) is 2.42. The third kappa shape index (κ3) is 3.50. The van der Waals surface area contributed by atoms with E-state index in [2.05, 4.69) is 41.0 Å². The Morgan fingerprint density at radius 1 is 1.32 bits per heavy atom. The molecule has 0 bridgehead atoms. The summed E-state index contributed by atoms with van der Waals surface area (Å²) in [6.07, 6.45) is 6.48. The summed E-state index contributed by atoms with van der Waals surface area (Å²) in [6.45, 7) is 8.59. The fraction of sp³-hybridized carbons (Fsp3) is 0.643. The van der Waals surface area contributed by atoms with Crippen LogP contribution < -0.4 is 5.32 Å². The Kier molecular flexibility index (Phi) is 4.14. The zero-order valence-electron chi connectivity index (χ0n) is 11.9. The van der Waals surface area contributed by atoms with Gasteiger partial charge in [-0.1, -0.05) is 0 Å². The average Bonchev–Trinajstić information content (AvgIpc) is 2.40. The van der Waals surface area contributed by atoms with Crippen molar-refractivity contribution >= 4 is 5.91 Å². The summed E-state index contributed by atoms with van der Waals surface area (Å²) in [7, 11) is 0. The Labute approximate surface area is 114 Å². The molecule has 0 aromatic carbocycles. The van der Waals surface area contributed by atoms with E-state index in [0.29, 0.717) is 11.6 Å². The van der Waals surface area contributed by atoms with Crippen molar-refractivity contribution in [3.05, 3.63) is 24.3 Å². The summed E-state index contributed by atoms with van der Waals surface area (Å²) >= 11 is 0. The third-order valence-corrected chi connectivity index (χ3v) is 3.87. The lowest BCUT2D eigenvalue weighted by Gasteiger charge is -2.41. The predicted octanol–water partition coefficient (Wildman–Crippen LogP) is 1.47. The molecule has 1 aromatic rings. The number of nitrogens with one attached hydrogen (secondary N) is 1. The highest BCUT2D eigenvalue weighted by atomic mass is 16.1. The first-order valence-corrected chi connectivity index (χ1v) is 6.82. The Morgan fingerprint density at radius 2 is 1.89 bits per heavy atom. The molecule has 1 saturated heterocycles. The molecule has 1 aliphatic heterocycles. The van der Waals surface area contributed by atoms with Crippen molar-refractivity contribution in [1.29, 1.82) is 0 Å². The van der Waals surface area contributed by atoms with Gasteiger partial charge in [0, 0.05) is 37.1 Å². The molecule has 1 aliphatic rings. The van der Waals surface area contributed by atoms with Crippen molar-refractivity contribution < 1.29 is 4.79 Å². The van der Waals surface area contributed by atoms with E-state index in [4.69, 9.17) is 0 Å². The van der Waals surface area contributed by atoms with E-state index in [9.17, 15) is 4.79 Å². The molecular formula is C14H22N4O. The molecule has 0 saturated carbocycles. The molecule has 1 amide bonds. The van der Waals surface area contributed by atoms with E-state index >= 15 is 0 Å². The van der Waals surface area contributed by atoms with Crippen molar-refractivity contribution in [2.75, 3.05) is 13.1 Å². The SMILES string of the molecule is CC(C)N1CCC(C)(NC(=O)c2cncnc2)CC1. The van der Waals surface area contributed by atoms with E-state index in [1.165, 1.54) is 6.33 Å². The zero-order chi connectivity index (χ0) is 13.9. The number of amides is 1. The number of aromatic nitrogens is 2. The van der Waals surface area contributed by atoms with Crippen molar-refractivity contribution in [3.63, 3.8) is 0 Å². The molecule has 19 heavy (non-hydrogen) atoms. The molecule has 0 aliphatic carbocycles. The predicted molar refractivity (Wildman–Crippen MR) is 73.8 cm³/mol. The van der Waals surface area contributed by atoms with Gasteiger partial charge in [0.15, 0.2) is 0 Å². The minimum Gasteiger partial charge on any atom is -0.347 e. The molecule has 1 N–H and O–H groups in total. The molecule has 0 atom stereocenters. The molecule has 1 aromatic heterocycles. The van der Waals surface area contributed by atoms with Gasteiger partial charge < -0.3 is 10.2 Å². The number of rotatable bonds is 3. The summed E-state index contributed by atoms with van der Waals surface area (Å²) in [5.74, 6) is -0.0823. The summed E-state index contributed by atoms with van der Waals surface area (Å²) in [4.78, 5) is 22.3. The second kappa shape index (κ2) is 5.65. The van der Waals surface area contributed by atoms with Gasteiger partial charge in [0.05, 0.1) is 5.56 Å². The number of hydrogen-bond acceptors (Lipinski definition) is 4. The van der Waals surface area contributed by atoms with Crippen LogP contribution >= 0.6 is 0 Å². The third-order valence-electron chi connectivity index (χ3n) is 3.87. The summed E-state index contributed by atoms with van der Waals surface area (Å²) in [5, 5.41) is 3.13. The van der Waals surface area contributed by atoms with Crippen LogP contribution in [0.25, 0.3) is 0 Å². The lowest BCUT2D eigenvalue weighted by molar-refractivity contribution is 0.0801. The molecule has 1 fully saturated rings. The van der Waals surface area contributed by atoms with E-state index in [0.717, 1.165) is 25.9 Å². The second-order valence-electron chi connectivity index (χ2n) is 5.77. The standard InChI is InChI=1S/C14H22N4O/c1-11(2)18-6-4-14(3,5-7-18)17-13(19)12-8-15-10-16-9-12/h8-11H,4-7H2,1-3H3,(H,17,19). The Balaban J connectivity index is 1.94. The van der Waals surface area contributed by atoms with E-state index in [1.54, 1.807) is 12.4 Å². The molecule has 5 nitrogen and oxygen atoms in total. The summed E-state index contributed by atoms with van der Waals surface area (Å²) in [5.41, 5.74) is 0.396. The van der Waals surface area contributed by atoms with E-state index in [-0.39, 0.29) is 11.4 Å². The van der Waals surface area contributed by atoms with Crippen LogP contribution in [0.1, 0.15) is 44.0 Å². The first kappa shape index (κ1) is 13.9. The highest BCUT2D eigenvalue weighted by Gasteiger charge is 2.32. The van der Waals surface area contributed by atoms with Gasteiger partial charge in [0.25, 0.3) is 5.91 Å². The van der Waals surface area contributed by atoms with Crippen molar-refractivity contribution in [2.24, 2.45) is 0 Å². The van der Waals surface area contributed by atoms with Crippen molar-refractivity contribution in [1.82, 2.24) is 20.2 Å². The van der Waals surface area contributed by atoms with Crippen LogP contribution in [0, 0.1) is 0 Å². The van der Waals surface area contributed by atoms with Crippen LogP contribution in [0.2, 0.25) is 0 Å². The minimum atomic E-state index is -0.127. The van der Waals surface area contributed by atoms with Crippen LogP contribution in [-0.4, -0.2) is 45.4 Å². The molecule has 0 radical (unpaired) electrons. The summed E-state index contributed by atoms with van der Waals surface area (Å²) in [6, 6.07) is 0.572. The first-order chi connectivity index (χ1) is 9.00. The van der Waals surface area contributed by atoms with Gasteiger partial charge in [0.2, 0.25) is 0 Å². The van der Waals surface area contributed by atoms with Gasteiger partial charge >= 0.3 is 0 Å². The van der Waals surface area contributed by atoms with Gasteiger partial charge in [-0.25, -0.2) is 9.97 Å². The molecular weight excluding hydrogens is 240 g/mol. The normalized spacial score (nSPS) is 19.4. The number of piperidine rings is 1. The van der Waals surface area contributed by atoms with Crippen LogP contribution in [-0.2, 0) is 0 Å². The molecule has 2 heterocycles. The highest BCUT2D eigenvalue weighted by molar-refractivity contribution is 5.94. The average molecular weight is 262 g/mol. The van der Waals surface area contributed by atoms with E-state index < -0.39 is 0 Å². The number of carbonyl (C=O) groups excluding carboxylic acids is 1. The largest absolute Gasteiger partial charge is 0.347 e. The Morgan fingerprint density at radius 3 is 2.42 bits per heavy atom. The molecule has 5 heteroatoms. The smallest absolute Gasteiger partial charge is 0.254 e. The maximum absolute atomic E-state index is 12.1.